The van der Waals surface area contributed by atoms with Crippen LogP contribution in [0.5, 0.6) is 0 Å². The number of para-hydroxylation sites is 1. The van der Waals surface area contributed by atoms with Crippen molar-refractivity contribution in [2.45, 2.75) is 6.92 Å². The molecule has 11 aromatic rings. The molecule has 0 bridgehead atoms. The highest BCUT2D eigenvalue weighted by molar-refractivity contribution is 6.18. The van der Waals surface area contributed by atoms with Gasteiger partial charge in [0.25, 0.3) is 0 Å². The van der Waals surface area contributed by atoms with Crippen molar-refractivity contribution in [3.63, 3.8) is 0 Å². The molecular formula is C61H44N2. The number of nitrogens with zero attached hydrogens (tertiary/aromatic N) is 2. The molecule has 0 N–H and O–H groups in total. The molecule has 0 amide bonds. The van der Waals surface area contributed by atoms with Gasteiger partial charge in [-0.25, -0.2) is 0 Å². The molecule has 0 aliphatic carbocycles. The first-order chi connectivity index (χ1) is 31.1. The minimum Gasteiger partial charge on any atom is -0.310 e. The largest absolute Gasteiger partial charge is 0.310 e. The Morgan fingerprint density at radius 2 is 1.05 bits per heavy atom. The van der Waals surface area contributed by atoms with Gasteiger partial charge in [-0.2, -0.15) is 0 Å². The van der Waals surface area contributed by atoms with Crippen LogP contribution in [0.15, 0.2) is 231 Å². The van der Waals surface area contributed by atoms with Crippen LogP contribution < -0.4 is 4.90 Å². The van der Waals surface area contributed by atoms with E-state index in [0.717, 1.165) is 45.0 Å². The molecule has 0 fully saturated rings. The van der Waals surface area contributed by atoms with Gasteiger partial charge < -0.3 is 9.47 Å². The average Bonchev–Trinajstić information content (AvgIpc) is 3.67. The zero-order valence-corrected chi connectivity index (χ0v) is 35.1. The summed E-state index contributed by atoms with van der Waals surface area (Å²) in [7, 11) is 0. The van der Waals surface area contributed by atoms with Gasteiger partial charge in [0.1, 0.15) is 0 Å². The molecule has 0 radical (unpaired) electrons. The Hall–Kier alpha value is -8.20. The number of aromatic nitrogens is 1. The van der Waals surface area contributed by atoms with Crippen molar-refractivity contribution in [2.24, 2.45) is 0 Å². The minimum atomic E-state index is 1.08. The van der Waals surface area contributed by atoms with Crippen molar-refractivity contribution < 1.29 is 0 Å². The number of allylic oxidation sites excluding steroid dienone is 1. The second-order valence-electron chi connectivity index (χ2n) is 16.1. The van der Waals surface area contributed by atoms with Gasteiger partial charge in [-0.3, -0.25) is 0 Å². The van der Waals surface area contributed by atoms with Crippen LogP contribution in [0.2, 0.25) is 0 Å². The Morgan fingerprint density at radius 3 is 1.81 bits per heavy atom. The lowest BCUT2D eigenvalue weighted by atomic mass is 9.97. The number of anilines is 3. The molecule has 0 unspecified atom stereocenters. The number of fused-ring (bicyclic) bond motifs is 5. The first kappa shape index (κ1) is 37.8. The summed E-state index contributed by atoms with van der Waals surface area (Å²) in [4.78, 5) is 2.38. The van der Waals surface area contributed by atoms with E-state index in [1.807, 2.05) is 13.0 Å². The SMILES string of the molecule is C=Cc1cc(-c2ccc(N(c3ccc(-c4cccc5ccccc45)cc3)c3cccc(-c4cccc5c4c4cc6ccccc6cc4n5-c4ccccc4)c3)cc2)ccc1/C=C\C. The van der Waals surface area contributed by atoms with Gasteiger partial charge in [0.05, 0.1) is 11.0 Å². The third-order valence-electron chi connectivity index (χ3n) is 12.4. The van der Waals surface area contributed by atoms with Crippen molar-refractivity contribution >= 4 is 72.6 Å². The summed E-state index contributed by atoms with van der Waals surface area (Å²) in [5.41, 5.74) is 16.1. The molecule has 1 aromatic heterocycles. The smallest absolute Gasteiger partial charge is 0.0547 e. The predicted octanol–water partition coefficient (Wildman–Crippen LogP) is 17.2. The summed E-state index contributed by atoms with van der Waals surface area (Å²) in [5.74, 6) is 0. The zero-order chi connectivity index (χ0) is 42.3. The maximum Gasteiger partial charge on any atom is 0.0547 e. The summed E-state index contributed by atoms with van der Waals surface area (Å²) in [6, 6.07) is 79.7. The third-order valence-corrected chi connectivity index (χ3v) is 12.4. The summed E-state index contributed by atoms with van der Waals surface area (Å²) in [5, 5.41) is 7.44. The van der Waals surface area contributed by atoms with Crippen LogP contribution in [0.3, 0.4) is 0 Å². The van der Waals surface area contributed by atoms with E-state index in [4.69, 9.17) is 0 Å². The fourth-order valence-corrected chi connectivity index (χ4v) is 9.44. The average molecular weight is 805 g/mol. The van der Waals surface area contributed by atoms with E-state index < -0.39 is 0 Å². The monoisotopic (exact) mass is 804 g/mol. The number of hydrogen-bond acceptors (Lipinski definition) is 1. The first-order valence-corrected chi connectivity index (χ1v) is 21.6. The second kappa shape index (κ2) is 16.0. The predicted molar refractivity (Wildman–Crippen MR) is 272 cm³/mol. The number of rotatable bonds is 9. The Balaban J connectivity index is 1.07. The first-order valence-electron chi connectivity index (χ1n) is 21.6. The van der Waals surface area contributed by atoms with Gasteiger partial charge in [0.2, 0.25) is 0 Å². The molecule has 0 aliphatic heterocycles. The summed E-state index contributed by atoms with van der Waals surface area (Å²) >= 11 is 0. The summed E-state index contributed by atoms with van der Waals surface area (Å²) in [6.45, 7) is 6.15. The standard InChI is InChI=1S/C61H44N2/c1-3-15-43-28-29-49(38-42(43)4-2)44-30-34-52(35-31-44)62(53-36-32-46(33-37-53)56-25-13-19-45-16-10-11-24-55(45)56)54-23-12-20-50(39-54)57-26-14-27-59-61(57)58-40-47-17-8-9-18-48(47)41-60(58)63(59)51-21-6-5-7-22-51/h3-41H,2H2,1H3/b15-3-. The van der Waals surface area contributed by atoms with Gasteiger partial charge >= 0.3 is 0 Å². The van der Waals surface area contributed by atoms with Crippen LogP contribution in [-0.2, 0) is 0 Å². The lowest BCUT2D eigenvalue weighted by Crippen LogP contribution is -2.10. The lowest BCUT2D eigenvalue weighted by Gasteiger charge is -2.26. The molecular weight excluding hydrogens is 761 g/mol. The van der Waals surface area contributed by atoms with Crippen molar-refractivity contribution in [3.8, 4) is 39.1 Å². The quantitative estimate of drug-likeness (QED) is 0.141. The van der Waals surface area contributed by atoms with Gasteiger partial charge in [0.15, 0.2) is 0 Å². The molecule has 0 saturated heterocycles. The molecule has 298 valence electrons. The molecule has 2 nitrogen and oxygen atoms in total. The molecule has 2 heteroatoms. The van der Waals surface area contributed by atoms with Crippen LogP contribution in [0.1, 0.15) is 18.1 Å². The topological polar surface area (TPSA) is 8.17 Å². The van der Waals surface area contributed by atoms with E-state index in [1.165, 1.54) is 65.6 Å². The second-order valence-corrected chi connectivity index (χ2v) is 16.1. The molecule has 11 rings (SSSR count). The van der Waals surface area contributed by atoms with Crippen LogP contribution in [0, 0.1) is 0 Å². The number of benzene rings is 10. The van der Waals surface area contributed by atoms with Crippen LogP contribution in [0.4, 0.5) is 17.1 Å². The van der Waals surface area contributed by atoms with Gasteiger partial charge in [0, 0.05) is 33.5 Å². The molecule has 63 heavy (non-hydrogen) atoms. The van der Waals surface area contributed by atoms with E-state index in [9.17, 15) is 0 Å². The van der Waals surface area contributed by atoms with E-state index in [2.05, 4.69) is 247 Å². The Bertz CT molecular complexity index is 3510. The fourth-order valence-electron chi connectivity index (χ4n) is 9.44. The van der Waals surface area contributed by atoms with Gasteiger partial charge in [-0.1, -0.05) is 170 Å². The third kappa shape index (κ3) is 6.79. The van der Waals surface area contributed by atoms with Crippen LogP contribution >= 0.6 is 0 Å². The van der Waals surface area contributed by atoms with E-state index in [1.54, 1.807) is 0 Å². The molecule has 10 aromatic carbocycles. The molecule has 0 atom stereocenters. The minimum absolute atomic E-state index is 1.08. The molecule has 1 heterocycles. The summed E-state index contributed by atoms with van der Waals surface area (Å²) in [6.07, 6.45) is 6.14. The van der Waals surface area contributed by atoms with Gasteiger partial charge in [-0.15, -0.1) is 0 Å². The van der Waals surface area contributed by atoms with E-state index in [-0.39, 0.29) is 0 Å². The van der Waals surface area contributed by atoms with E-state index in [0.29, 0.717) is 0 Å². The van der Waals surface area contributed by atoms with Crippen molar-refractivity contribution in [1.29, 1.82) is 0 Å². The maximum atomic E-state index is 4.10. The highest BCUT2D eigenvalue weighted by atomic mass is 15.1. The zero-order valence-electron chi connectivity index (χ0n) is 35.1. The van der Waals surface area contributed by atoms with Gasteiger partial charge in [-0.05, 0) is 146 Å². The Kier molecular flexibility index (Phi) is 9.60. The van der Waals surface area contributed by atoms with Crippen molar-refractivity contribution in [2.75, 3.05) is 4.90 Å². The van der Waals surface area contributed by atoms with Crippen LogP contribution in [-0.4, -0.2) is 4.57 Å². The highest BCUT2D eigenvalue weighted by Crippen LogP contribution is 2.43. The fraction of sp³-hybridized carbons (Fsp3) is 0.0164. The lowest BCUT2D eigenvalue weighted by molar-refractivity contribution is 1.18. The summed E-state index contributed by atoms with van der Waals surface area (Å²) < 4.78 is 2.42. The highest BCUT2D eigenvalue weighted by Gasteiger charge is 2.19. The molecule has 0 saturated carbocycles. The Labute approximate surface area is 368 Å². The Morgan fingerprint density at radius 1 is 0.413 bits per heavy atom. The van der Waals surface area contributed by atoms with Crippen molar-refractivity contribution in [1.82, 2.24) is 4.57 Å². The number of hydrogen-bond donors (Lipinski definition) is 0. The van der Waals surface area contributed by atoms with E-state index >= 15 is 0 Å². The van der Waals surface area contributed by atoms with Crippen LogP contribution in [0.25, 0.3) is 94.6 Å². The molecule has 0 spiro atoms. The normalized spacial score (nSPS) is 11.6. The molecule has 0 aliphatic rings. The maximum absolute atomic E-state index is 4.10. The van der Waals surface area contributed by atoms with Crippen molar-refractivity contribution in [3.05, 3.63) is 242 Å².